The maximum atomic E-state index is 11.1. The molecule has 0 radical (unpaired) electrons. The summed E-state index contributed by atoms with van der Waals surface area (Å²) in [6, 6.07) is 2.36. The molecule has 4 nitrogen and oxygen atoms in total. The lowest BCUT2D eigenvalue weighted by Gasteiger charge is -2.26. The predicted octanol–water partition coefficient (Wildman–Crippen LogP) is 1.18. The van der Waals surface area contributed by atoms with Gasteiger partial charge in [-0.15, -0.1) is 0 Å². The maximum Gasteiger partial charge on any atom is 0.344 e. The monoisotopic (exact) mass is 211 g/mol. The van der Waals surface area contributed by atoms with Crippen molar-refractivity contribution in [1.82, 2.24) is 9.97 Å². The fraction of sp³-hybridized carbons (Fsp3) is 0.556. The molecule has 1 aromatic heterocycles. The van der Waals surface area contributed by atoms with Crippen molar-refractivity contribution in [2.24, 2.45) is 0 Å². The molecule has 0 saturated heterocycles. The number of hydrogen-bond donors (Lipinski definition) is 1. The summed E-state index contributed by atoms with van der Waals surface area (Å²) in [5.41, 5.74) is 0. The number of anilines is 1. The summed E-state index contributed by atoms with van der Waals surface area (Å²) in [5, 5.41) is 3.69. The Balaban J connectivity index is 2.05. The van der Waals surface area contributed by atoms with Crippen molar-refractivity contribution in [1.29, 1.82) is 0 Å². The van der Waals surface area contributed by atoms with Crippen LogP contribution >= 0.6 is 0 Å². The summed E-state index contributed by atoms with van der Waals surface area (Å²) >= 11 is -1.10. The van der Waals surface area contributed by atoms with Gasteiger partial charge in [-0.2, -0.15) is 9.97 Å². The lowest BCUT2D eigenvalue weighted by molar-refractivity contribution is 0.444. The second kappa shape index (κ2) is 4.14. The molecule has 0 amide bonds. The first kappa shape index (κ1) is 9.73. The summed E-state index contributed by atoms with van der Waals surface area (Å²) in [7, 11) is 0. The van der Waals surface area contributed by atoms with Crippen LogP contribution in [0.3, 0.4) is 0 Å². The predicted molar refractivity (Wildman–Crippen MR) is 55.6 cm³/mol. The van der Waals surface area contributed by atoms with Crippen molar-refractivity contribution in [3.8, 4) is 0 Å². The third kappa shape index (κ3) is 2.16. The average molecular weight is 211 g/mol. The lowest BCUT2D eigenvalue weighted by atomic mass is 9.93. The quantitative estimate of drug-likeness (QED) is 0.602. The summed E-state index contributed by atoms with van der Waals surface area (Å²) < 4.78 is 11.1. The van der Waals surface area contributed by atoms with E-state index < -0.39 is 11.2 Å². The van der Waals surface area contributed by atoms with E-state index in [9.17, 15) is 4.55 Å². The highest BCUT2D eigenvalue weighted by Gasteiger charge is 2.18. The van der Waals surface area contributed by atoms with Gasteiger partial charge in [-0.25, -0.2) is 0 Å². The molecule has 1 fully saturated rings. The van der Waals surface area contributed by atoms with Gasteiger partial charge in [0.2, 0.25) is 0 Å². The van der Waals surface area contributed by atoms with Crippen LogP contribution in [0.2, 0.25) is 0 Å². The van der Waals surface area contributed by atoms with E-state index in [0.717, 1.165) is 5.82 Å². The van der Waals surface area contributed by atoms with E-state index in [2.05, 4.69) is 15.3 Å². The number of rotatable bonds is 3. The molecule has 76 valence electrons. The van der Waals surface area contributed by atoms with Crippen LogP contribution in [-0.4, -0.2) is 26.8 Å². The largest absolute Gasteiger partial charge is 0.609 e. The van der Waals surface area contributed by atoms with Gasteiger partial charge in [-0.05, 0) is 25.3 Å². The van der Waals surface area contributed by atoms with E-state index in [1.165, 1.54) is 19.3 Å². The smallest absolute Gasteiger partial charge is 0.344 e. The normalized spacial score (nSPS) is 18.7. The Morgan fingerprint density at radius 1 is 1.57 bits per heavy atom. The molecule has 1 aliphatic carbocycles. The average Bonchev–Trinajstić information content (AvgIpc) is 2.12. The van der Waals surface area contributed by atoms with E-state index in [-0.39, 0.29) is 0 Å². The first-order chi connectivity index (χ1) is 6.75. The molecule has 0 aromatic carbocycles. The molecule has 0 aliphatic heterocycles. The Bertz CT molecular complexity index is 315. The van der Waals surface area contributed by atoms with Crippen LogP contribution < -0.4 is 5.32 Å². The first-order valence-corrected chi connectivity index (χ1v) is 6.24. The van der Waals surface area contributed by atoms with Crippen LogP contribution in [0.1, 0.15) is 19.3 Å². The Hall–Kier alpha value is -0.810. The van der Waals surface area contributed by atoms with Gasteiger partial charge in [0.05, 0.1) is 0 Å². The van der Waals surface area contributed by atoms with Crippen molar-refractivity contribution in [3.63, 3.8) is 0 Å². The first-order valence-electron chi connectivity index (χ1n) is 4.69. The fourth-order valence-corrected chi connectivity index (χ4v) is 1.76. The molecule has 1 unspecified atom stereocenters. The molecule has 0 spiro atoms. The topological polar surface area (TPSA) is 60.9 Å². The lowest BCUT2D eigenvalue weighted by Crippen LogP contribution is -2.27. The summed E-state index contributed by atoms with van der Waals surface area (Å²) in [5.74, 6) is 0.787. The highest BCUT2D eigenvalue weighted by atomic mass is 32.2. The van der Waals surface area contributed by atoms with Crippen LogP contribution in [0.15, 0.2) is 17.4 Å². The SMILES string of the molecule is C[S+]([O-])c1nccc(NC2CCC2)n1. The maximum absolute atomic E-state index is 11.1. The van der Waals surface area contributed by atoms with Gasteiger partial charge in [0.1, 0.15) is 12.1 Å². The molecule has 2 rings (SSSR count). The third-order valence-electron chi connectivity index (χ3n) is 2.35. The number of nitrogens with one attached hydrogen (secondary N) is 1. The van der Waals surface area contributed by atoms with E-state index in [1.54, 1.807) is 12.5 Å². The zero-order valence-electron chi connectivity index (χ0n) is 8.06. The molecular weight excluding hydrogens is 198 g/mol. The zero-order valence-corrected chi connectivity index (χ0v) is 8.88. The number of hydrogen-bond acceptors (Lipinski definition) is 4. The molecule has 1 N–H and O–H groups in total. The Labute approximate surface area is 86.3 Å². The molecule has 1 atom stereocenters. The van der Waals surface area contributed by atoms with Gasteiger partial charge >= 0.3 is 5.16 Å². The minimum absolute atomic E-state index is 0.398. The Kier molecular flexibility index (Phi) is 2.88. The standard InChI is InChI=1S/C9H13N3OS/c1-14(13)9-10-6-5-8(12-9)11-7-3-2-4-7/h5-7H,2-4H2,1H3,(H,10,11,12). The molecule has 0 bridgehead atoms. The van der Waals surface area contributed by atoms with Crippen molar-refractivity contribution < 1.29 is 4.55 Å². The fourth-order valence-electron chi connectivity index (χ4n) is 1.32. The molecule has 1 heterocycles. The Morgan fingerprint density at radius 3 is 2.93 bits per heavy atom. The zero-order chi connectivity index (χ0) is 9.97. The molecule has 1 aliphatic rings. The van der Waals surface area contributed by atoms with Crippen LogP contribution in [0.4, 0.5) is 5.82 Å². The van der Waals surface area contributed by atoms with Crippen LogP contribution in [0.5, 0.6) is 0 Å². The van der Waals surface area contributed by atoms with Crippen LogP contribution in [-0.2, 0) is 11.2 Å². The van der Waals surface area contributed by atoms with Gasteiger partial charge in [-0.1, -0.05) is 0 Å². The van der Waals surface area contributed by atoms with E-state index >= 15 is 0 Å². The number of aromatic nitrogens is 2. The highest BCUT2D eigenvalue weighted by Crippen LogP contribution is 2.22. The Morgan fingerprint density at radius 2 is 2.36 bits per heavy atom. The second-order valence-electron chi connectivity index (χ2n) is 3.45. The summed E-state index contributed by atoms with van der Waals surface area (Å²) in [6.07, 6.45) is 6.92. The summed E-state index contributed by atoms with van der Waals surface area (Å²) in [6.45, 7) is 0. The van der Waals surface area contributed by atoms with Crippen molar-refractivity contribution in [3.05, 3.63) is 12.3 Å². The minimum Gasteiger partial charge on any atom is -0.609 e. The van der Waals surface area contributed by atoms with Crippen molar-refractivity contribution in [2.45, 2.75) is 30.5 Å². The van der Waals surface area contributed by atoms with Gasteiger partial charge in [0.15, 0.2) is 0 Å². The van der Waals surface area contributed by atoms with Gasteiger partial charge < -0.3 is 9.87 Å². The van der Waals surface area contributed by atoms with E-state index in [1.807, 2.05) is 6.07 Å². The van der Waals surface area contributed by atoms with Crippen LogP contribution in [0.25, 0.3) is 0 Å². The number of nitrogens with zero attached hydrogens (tertiary/aromatic N) is 2. The molecule has 1 aromatic rings. The van der Waals surface area contributed by atoms with Gasteiger partial charge in [-0.3, -0.25) is 0 Å². The van der Waals surface area contributed by atoms with Crippen molar-refractivity contribution in [2.75, 3.05) is 11.6 Å². The molecular formula is C9H13N3OS. The molecule has 1 saturated carbocycles. The third-order valence-corrected chi connectivity index (χ3v) is 3.06. The van der Waals surface area contributed by atoms with E-state index in [4.69, 9.17) is 0 Å². The van der Waals surface area contributed by atoms with Crippen molar-refractivity contribution >= 4 is 17.0 Å². The second-order valence-corrected chi connectivity index (χ2v) is 4.72. The highest BCUT2D eigenvalue weighted by molar-refractivity contribution is 7.90. The van der Waals surface area contributed by atoms with Gasteiger partial charge in [0, 0.05) is 23.4 Å². The van der Waals surface area contributed by atoms with Gasteiger partial charge in [0.25, 0.3) is 0 Å². The van der Waals surface area contributed by atoms with Crippen LogP contribution in [0, 0.1) is 0 Å². The minimum atomic E-state index is -1.10. The summed E-state index contributed by atoms with van der Waals surface area (Å²) in [4.78, 5) is 8.11. The molecule has 5 heteroatoms. The van der Waals surface area contributed by atoms with E-state index in [0.29, 0.717) is 11.2 Å². The molecule has 14 heavy (non-hydrogen) atoms.